The summed E-state index contributed by atoms with van der Waals surface area (Å²) in [7, 11) is 0. The van der Waals surface area contributed by atoms with Crippen molar-refractivity contribution in [2.75, 3.05) is 67.1 Å². The van der Waals surface area contributed by atoms with Crippen LogP contribution in [-0.4, -0.2) is 111 Å². The van der Waals surface area contributed by atoms with Gasteiger partial charge in [0.1, 0.15) is 29.2 Å². The third-order valence-corrected chi connectivity index (χ3v) is 12.1. The van der Waals surface area contributed by atoms with Gasteiger partial charge in [0.05, 0.1) is 29.1 Å². The fourth-order valence-electron chi connectivity index (χ4n) is 9.11. The Kier molecular flexibility index (Phi) is 8.69. The molecule has 4 saturated heterocycles. The lowest BCUT2D eigenvalue weighted by Crippen LogP contribution is -2.55. The first-order chi connectivity index (χ1) is 27.8. The first-order valence-corrected chi connectivity index (χ1v) is 19.7. The molecule has 2 unspecified atom stereocenters. The van der Waals surface area contributed by atoms with E-state index in [0.717, 1.165) is 110 Å². The summed E-state index contributed by atoms with van der Waals surface area (Å²) in [5.74, 6) is 0.0127. The maximum Gasteiger partial charge on any atom is 0.262 e. The Morgan fingerprint density at radius 3 is 2.42 bits per heavy atom. The number of nitrogens with zero attached hydrogens (tertiary/aromatic N) is 9. The molecule has 0 bridgehead atoms. The van der Waals surface area contributed by atoms with Crippen molar-refractivity contribution in [3.8, 4) is 11.4 Å². The van der Waals surface area contributed by atoms with E-state index in [1.807, 2.05) is 47.1 Å². The molecule has 8 heterocycles. The van der Waals surface area contributed by atoms with E-state index in [1.54, 1.807) is 24.3 Å². The molecule has 0 saturated carbocycles. The van der Waals surface area contributed by atoms with E-state index in [1.165, 1.54) is 6.07 Å². The molecule has 0 spiro atoms. The molecule has 14 nitrogen and oxygen atoms in total. The molecule has 10 rings (SSSR count). The minimum atomic E-state index is -0.973. The Morgan fingerprint density at radius 1 is 0.772 bits per heavy atom. The quantitative estimate of drug-likeness (QED) is 0.230. The Labute approximate surface area is 327 Å². The normalized spacial score (nSPS) is 21.8. The molecule has 1 N–H and O–H groups in total. The van der Waals surface area contributed by atoms with Crippen LogP contribution >= 0.6 is 0 Å². The molecule has 5 aliphatic rings. The second-order valence-corrected chi connectivity index (χ2v) is 15.6. The predicted octanol–water partition coefficient (Wildman–Crippen LogP) is 3.93. The van der Waals surface area contributed by atoms with E-state index in [4.69, 9.17) is 10.1 Å². The van der Waals surface area contributed by atoms with Gasteiger partial charge >= 0.3 is 0 Å². The lowest BCUT2D eigenvalue weighted by molar-refractivity contribution is -0.136. The Bertz CT molecular complexity index is 2440. The van der Waals surface area contributed by atoms with Crippen molar-refractivity contribution in [3.05, 3.63) is 102 Å². The zero-order valence-electron chi connectivity index (χ0n) is 31.3. The van der Waals surface area contributed by atoms with Crippen molar-refractivity contribution in [2.45, 2.75) is 37.8 Å². The van der Waals surface area contributed by atoms with E-state index in [2.05, 4.69) is 36.0 Å². The number of fused-ring (bicyclic) bond motifs is 2. The molecule has 2 aromatic carbocycles. The van der Waals surface area contributed by atoms with Crippen LogP contribution in [0, 0.1) is 11.7 Å². The van der Waals surface area contributed by atoms with Gasteiger partial charge in [-0.25, -0.2) is 18.9 Å². The number of hydrogen-bond acceptors (Lipinski definition) is 11. The predicted molar refractivity (Wildman–Crippen MR) is 209 cm³/mol. The van der Waals surface area contributed by atoms with E-state index in [0.29, 0.717) is 17.0 Å². The molecular weight excluding hydrogens is 728 g/mol. The highest BCUT2D eigenvalue weighted by atomic mass is 19.1. The highest BCUT2D eigenvalue weighted by Crippen LogP contribution is 2.37. The maximum atomic E-state index is 14.1. The number of carbonyl (C=O) groups is 4. The van der Waals surface area contributed by atoms with E-state index in [9.17, 15) is 23.6 Å². The van der Waals surface area contributed by atoms with Crippen LogP contribution in [0.2, 0.25) is 0 Å². The lowest BCUT2D eigenvalue weighted by atomic mass is 9.97. The average molecular weight is 769 g/mol. The number of anilines is 3. The number of amides is 4. The van der Waals surface area contributed by atoms with Gasteiger partial charge in [0.2, 0.25) is 11.8 Å². The summed E-state index contributed by atoms with van der Waals surface area (Å²) in [6.45, 7) is 7.04. The van der Waals surface area contributed by atoms with Crippen molar-refractivity contribution in [2.24, 2.45) is 5.92 Å². The smallest absolute Gasteiger partial charge is 0.262 e. The topological polar surface area (TPSA) is 140 Å². The van der Waals surface area contributed by atoms with Crippen molar-refractivity contribution in [1.29, 1.82) is 0 Å². The molecular formula is C42H41FN10O4. The number of carbonyl (C=O) groups excluding carboxylic acids is 4. The first-order valence-electron chi connectivity index (χ1n) is 19.7. The summed E-state index contributed by atoms with van der Waals surface area (Å²) in [5, 5.41) is 7.27. The van der Waals surface area contributed by atoms with Crippen LogP contribution in [0.1, 0.15) is 58.0 Å². The first kappa shape index (κ1) is 35.2. The second-order valence-electron chi connectivity index (χ2n) is 15.6. The molecule has 4 fully saturated rings. The minimum absolute atomic E-state index is 0.0623. The van der Waals surface area contributed by atoms with Crippen molar-refractivity contribution < 1.29 is 23.6 Å². The van der Waals surface area contributed by atoms with Gasteiger partial charge in [-0.1, -0.05) is 18.2 Å². The molecule has 57 heavy (non-hydrogen) atoms. The largest absolute Gasteiger partial charge is 0.371 e. The number of rotatable bonds is 8. The van der Waals surface area contributed by atoms with Gasteiger partial charge in [-0.2, -0.15) is 0 Å². The molecule has 5 aromatic rings. The fraction of sp³-hybridized carbons (Fsp3) is 0.357. The summed E-state index contributed by atoms with van der Waals surface area (Å²) < 4.78 is 16.0. The van der Waals surface area contributed by atoms with E-state index >= 15 is 0 Å². The standard InChI is InChI=1S/C42H41FN10O4/c43-28-5-1-4-27(20-28)33-7-3-15-51(33)38-13-12-36-44-22-35(53(36)47-38)32-6-2-8-37(45-32)49-18-16-48(17-19-49)23-26-24-50(25-26)29-9-10-30-31(21-29)42(57)52(41(30)56)34-11-14-39(54)46-40(34)55/h1-2,4-6,8-10,12-13,20-22,26,33-34H,3,7,11,14-19,23-25H2,(H,46,54,55). The third kappa shape index (κ3) is 6.35. The monoisotopic (exact) mass is 768 g/mol. The Morgan fingerprint density at radius 2 is 1.60 bits per heavy atom. The highest BCUT2D eigenvalue weighted by molar-refractivity contribution is 6.23. The summed E-state index contributed by atoms with van der Waals surface area (Å²) in [6.07, 6.45) is 3.99. The molecule has 3 aromatic heterocycles. The van der Waals surface area contributed by atoms with Gasteiger partial charge in [-0.3, -0.25) is 34.3 Å². The number of pyridine rings is 1. The van der Waals surface area contributed by atoms with E-state index in [-0.39, 0.29) is 24.7 Å². The number of piperidine rings is 1. The molecule has 2 atom stereocenters. The Hall–Kier alpha value is -6.22. The molecule has 0 aliphatic carbocycles. The molecule has 0 radical (unpaired) electrons. The maximum absolute atomic E-state index is 14.1. The zero-order valence-corrected chi connectivity index (χ0v) is 31.3. The average Bonchev–Trinajstić information content (AvgIpc) is 3.93. The molecule has 4 amide bonds. The van der Waals surface area contributed by atoms with Crippen LogP contribution in [0.25, 0.3) is 17.0 Å². The van der Waals surface area contributed by atoms with Gasteiger partial charge in [-0.05, 0) is 79.4 Å². The summed E-state index contributed by atoms with van der Waals surface area (Å²) in [4.78, 5) is 70.5. The zero-order chi connectivity index (χ0) is 38.8. The van der Waals surface area contributed by atoms with Gasteiger partial charge in [0, 0.05) is 70.4 Å². The molecule has 290 valence electrons. The van der Waals surface area contributed by atoms with Gasteiger partial charge in [0.25, 0.3) is 11.8 Å². The van der Waals surface area contributed by atoms with Crippen molar-refractivity contribution in [3.63, 3.8) is 0 Å². The number of piperazine rings is 1. The minimum Gasteiger partial charge on any atom is -0.371 e. The van der Waals surface area contributed by atoms with Crippen LogP contribution < -0.4 is 20.0 Å². The number of imide groups is 2. The van der Waals surface area contributed by atoms with Crippen molar-refractivity contribution in [1.82, 2.24) is 34.7 Å². The second kappa shape index (κ2) is 14.1. The third-order valence-electron chi connectivity index (χ3n) is 12.1. The lowest BCUT2D eigenvalue weighted by Gasteiger charge is -2.45. The molecule has 5 aliphatic heterocycles. The SMILES string of the molecule is O=C1CCC(N2C(=O)c3ccc(N4CC(CN5CCN(c6cccc(-c7cnc8ccc(N9CCCC9c9cccc(F)c9)nn78)n6)CC5)C4)cc3C2=O)C(=O)N1. The van der Waals surface area contributed by atoms with Crippen LogP contribution in [-0.2, 0) is 9.59 Å². The highest BCUT2D eigenvalue weighted by Gasteiger charge is 2.45. The van der Waals surface area contributed by atoms with Crippen LogP contribution in [0.3, 0.4) is 0 Å². The number of nitrogens with one attached hydrogen (secondary N) is 1. The van der Waals surface area contributed by atoms with Crippen LogP contribution in [0.4, 0.5) is 21.7 Å². The number of halogens is 1. The summed E-state index contributed by atoms with van der Waals surface area (Å²) in [6, 6.07) is 21.3. The van der Waals surface area contributed by atoms with E-state index < -0.39 is 29.7 Å². The summed E-state index contributed by atoms with van der Waals surface area (Å²) >= 11 is 0. The Balaban J connectivity index is 0.755. The number of imidazole rings is 1. The van der Waals surface area contributed by atoms with Crippen LogP contribution in [0.5, 0.6) is 0 Å². The van der Waals surface area contributed by atoms with Crippen LogP contribution in [0.15, 0.2) is 79.0 Å². The summed E-state index contributed by atoms with van der Waals surface area (Å²) in [5.41, 5.74) is 4.79. The van der Waals surface area contributed by atoms with Gasteiger partial charge in [0.15, 0.2) is 5.65 Å². The van der Waals surface area contributed by atoms with Gasteiger partial charge < -0.3 is 14.7 Å². The molecule has 15 heteroatoms. The van der Waals surface area contributed by atoms with Crippen molar-refractivity contribution >= 4 is 46.6 Å². The number of benzene rings is 2. The fourth-order valence-corrected chi connectivity index (χ4v) is 9.11. The number of hydrogen-bond donors (Lipinski definition) is 1. The number of aromatic nitrogens is 4. The van der Waals surface area contributed by atoms with Gasteiger partial charge in [-0.15, -0.1) is 5.10 Å².